The Labute approximate surface area is 203 Å². The summed E-state index contributed by atoms with van der Waals surface area (Å²) in [6, 6.07) is 9.20. The van der Waals surface area contributed by atoms with Crippen molar-refractivity contribution >= 4 is 23.4 Å². The van der Waals surface area contributed by atoms with Gasteiger partial charge in [-0.15, -0.1) is 0 Å². The molecule has 0 saturated carbocycles. The predicted molar refractivity (Wildman–Crippen MR) is 131 cm³/mol. The summed E-state index contributed by atoms with van der Waals surface area (Å²) >= 11 is 0. The van der Waals surface area contributed by atoms with Crippen LogP contribution in [0.5, 0.6) is 0 Å². The highest BCUT2D eigenvalue weighted by Crippen LogP contribution is 2.21. The van der Waals surface area contributed by atoms with Crippen molar-refractivity contribution in [1.82, 2.24) is 14.5 Å². The molecule has 0 unspecified atom stereocenters. The van der Waals surface area contributed by atoms with Gasteiger partial charge in [-0.2, -0.15) is 0 Å². The largest absolute Gasteiger partial charge is 0.466 e. The van der Waals surface area contributed by atoms with E-state index in [4.69, 9.17) is 15.2 Å². The van der Waals surface area contributed by atoms with Gasteiger partial charge in [-0.1, -0.05) is 30.3 Å². The van der Waals surface area contributed by atoms with Crippen LogP contribution in [-0.4, -0.2) is 72.8 Å². The Balaban J connectivity index is 1.82. The number of amides is 1. The molecular weight excluding hydrogens is 454 g/mol. The fraction of sp³-hybridized carbons (Fsp3) is 0.500. The van der Waals surface area contributed by atoms with Crippen LogP contribution in [0.2, 0.25) is 0 Å². The second kappa shape index (κ2) is 12.3. The standard InChI is InChI=1S/C24H33N5O6/c1-3-35-23(32)18-9-11-27(12-10-18)16-19(30)28(13-14-34-2)20-21(25)29(24(33)26-22(20)31)15-17-7-5-4-6-8-17/h4-8,18H,3,9-16,25H2,1-2H3,(H,26,31,33). The number of piperidine rings is 1. The van der Waals surface area contributed by atoms with Crippen molar-refractivity contribution in [3.05, 3.63) is 56.7 Å². The average Bonchev–Trinajstić information content (AvgIpc) is 2.85. The van der Waals surface area contributed by atoms with Gasteiger partial charge < -0.3 is 20.1 Å². The molecule has 3 rings (SSSR count). The summed E-state index contributed by atoms with van der Waals surface area (Å²) in [5.41, 5.74) is 5.65. The van der Waals surface area contributed by atoms with Gasteiger partial charge in [0.1, 0.15) is 5.82 Å². The number of carbonyl (C=O) groups excluding carboxylic acids is 2. The van der Waals surface area contributed by atoms with E-state index in [1.165, 1.54) is 16.6 Å². The zero-order valence-electron chi connectivity index (χ0n) is 20.2. The third kappa shape index (κ3) is 6.58. The lowest BCUT2D eigenvalue weighted by Crippen LogP contribution is -2.48. The van der Waals surface area contributed by atoms with E-state index in [9.17, 15) is 19.2 Å². The number of nitrogens with zero attached hydrogens (tertiary/aromatic N) is 3. The lowest BCUT2D eigenvalue weighted by atomic mass is 9.97. The van der Waals surface area contributed by atoms with Crippen molar-refractivity contribution in [2.45, 2.75) is 26.3 Å². The highest BCUT2D eigenvalue weighted by Gasteiger charge is 2.30. The number of benzene rings is 1. The molecule has 2 heterocycles. The number of rotatable bonds is 10. The lowest BCUT2D eigenvalue weighted by molar-refractivity contribution is -0.149. The molecule has 0 atom stereocenters. The smallest absolute Gasteiger partial charge is 0.330 e. The summed E-state index contributed by atoms with van der Waals surface area (Å²) in [6.45, 7) is 3.65. The summed E-state index contributed by atoms with van der Waals surface area (Å²) in [5.74, 6) is -0.821. The van der Waals surface area contributed by atoms with Crippen LogP contribution in [0.3, 0.4) is 0 Å². The molecule has 2 aromatic rings. The van der Waals surface area contributed by atoms with Crippen LogP contribution in [0.25, 0.3) is 0 Å². The van der Waals surface area contributed by atoms with Crippen LogP contribution in [0, 0.1) is 5.92 Å². The Morgan fingerprint density at radius 3 is 2.49 bits per heavy atom. The van der Waals surface area contributed by atoms with E-state index in [0.29, 0.717) is 32.5 Å². The van der Waals surface area contributed by atoms with E-state index < -0.39 is 11.2 Å². The van der Waals surface area contributed by atoms with Gasteiger partial charge in [-0.05, 0) is 38.4 Å². The fourth-order valence-corrected chi connectivity index (χ4v) is 4.17. The first-order valence-corrected chi connectivity index (χ1v) is 11.7. The maximum absolute atomic E-state index is 13.3. The molecule has 1 aromatic heterocycles. The van der Waals surface area contributed by atoms with Gasteiger partial charge in [0.2, 0.25) is 5.91 Å². The maximum atomic E-state index is 13.3. The molecule has 11 heteroatoms. The first-order valence-electron chi connectivity index (χ1n) is 11.7. The monoisotopic (exact) mass is 487 g/mol. The highest BCUT2D eigenvalue weighted by molar-refractivity contribution is 5.96. The number of H-pyrrole nitrogens is 1. The molecule has 1 fully saturated rings. The molecule has 1 aliphatic rings. The second-order valence-electron chi connectivity index (χ2n) is 8.41. The van der Waals surface area contributed by atoms with Crippen LogP contribution in [-0.2, 0) is 25.6 Å². The van der Waals surface area contributed by atoms with Gasteiger partial charge in [0, 0.05) is 13.7 Å². The molecule has 3 N–H and O–H groups in total. The topological polar surface area (TPSA) is 140 Å². The van der Waals surface area contributed by atoms with E-state index in [2.05, 4.69) is 4.98 Å². The summed E-state index contributed by atoms with van der Waals surface area (Å²) < 4.78 is 11.5. The molecule has 1 aliphatic heterocycles. The third-order valence-electron chi connectivity index (χ3n) is 6.05. The third-order valence-corrected chi connectivity index (χ3v) is 6.05. The van der Waals surface area contributed by atoms with Gasteiger partial charge in [-0.3, -0.25) is 28.8 Å². The number of esters is 1. The molecule has 1 saturated heterocycles. The zero-order chi connectivity index (χ0) is 25.4. The Hall–Kier alpha value is -3.44. The minimum absolute atomic E-state index is 0.0377. The first kappa shape index (κ1) is 26.2. The Bertz CT molecular complexity index is 1120. The van der Waals surface area contributed by atoms with Crippen LogP contribution in [0.15, 0.2) is 39.9 Å². The lowest BCUT2D eigenvalue weighted by Gasteiger charge is -2.32. The molecule has 0 bridgehead atoms. The number of methoxy groups -OCH3 is 1. The molecule has 11 nitrogen and oxygen atoms in total. The molecule has 1 aromatic carbocycles. The molecule has 0 spiro atoms. The number of hydrogen-bond acceptors (Lipinski definition) is 8. The van der Waals surface area contributed by atoms with Crippen LogP contribution in [0.1, 0.15) is 25.3 Å². The zero-order valence-corrected chi connectivity index (χ0v) is 20.2. The molecule has 0 aliphatic carbocycles. The van der Waals surface area contributed by atoms with Gasteiger partial charge in [0.05, 0.1) is 32.2 Å². The van der Waals surface area contributed by atoms with E-state index in [1.807, 2.05) is 35.2 Å². The molecule has 190 valence electrons. The number of aromatic nitrogens is 2. The molecular formula is C24H33N5O6. The van der Waals surface area contributed by atoms with Crippen molar-refractivity contribution in [1.29, 1.82) is 0 Å². The highest BCUT2D eigenvalue weighted by atomic mass is 16.5. The predicted octanol–water partition coefficient (Wildman–Crippen LogP) is 0.422. The van der Waals surface area contributed by atoms with Crippen molar-refractivity contribution in [3.63, 3.8) is 0 Å². The number of nitrogen functional groups attached to an aromatic ring is 1. The summed E-state index contributed by atoms with van der Waals surface area (Å²) in [6.07, 6.45) is 1.18. The minimum atomic E-state index is -0.734. The normalized spacial score (nSPS) is 14.6. The maximum Gasteiger partial charge on any atom is 0.330 e. The minimum Gasteiger partial charge on any atom is -0.466 e. The molecule has 35 heavy (non-hydrogen) atoms. The Morgan fingerprint density at radius 2 is 1.86 bits per heavy atom. The number of carbonyl (C=O) groups is 2. The Morgan fingerprint density at radius 1 is 1.17 bits per heavy atom. The number of aromatic amines is 1. The van der Waals surface area contributed by atoms with Crippen LogP contribution >= 0.6 is 0 Å². The fourth-order valence-electron chi connectivity index (χ4n) is 4.17. The van der Waals surface area contributed by atoms with Crippen molar-refractivity contribution in [2.75, 3.05) is 57.1 Å². The first-order chi connectivity index (χ1) is 16.8. The van der Waals surface area contributed by atoms with Gasteiger partial charge in [0.15, 0.2) is 5.69 Å². The van der Waals surface area contributed by atoms with Crippen LogP contribution < -0.4 is 21.9 Å². The SMILES string of the molecule is CCOC(=O)C1CCN(CC(=O)N(CCOC)c2c(N)n(Cc3ccccc3)c(=O)[nH]c2=O)CC1. The molecule has 1 amide bonds. The van der Waals surface area contributed by atoms with E-state index in [-0.39, 0.29) is 55.5 Å². The number of nitrogens with two attached hydrogens (primary N) is 1. The summed E-state index contributed by atoms with van der Waals surface area (Å²) in [5, 5.41) is 0. The Kier molecular flexibility index (Phi) is 9.21. The molecule has 0 radical (unpaired) electrons. The summed E-state index contributed by atoms with van der Waals surface area (Å²) in [7, 11) is 1.49. The van der Waals surface area contributed by atoms with Gasteiger partial charge >= 0.3 is 11.7 Å². The van der Waals surface area contributed by atoms with Gasteiger partial charge in [0.25, 0.3) is 5.56 Å². The van der Waals surface area contributed by atoms with E-state index in [0.717, 1.165) is 5.56 Å². The van der Waals surface area contributed by atoms with E-state index in [1.54, 1.807) is 6.92 Å². The van der Waals surface area contributed by atoms with Gasteiger partial charge in [-0.25, -0.2) is 4.79 Å². The number of hydrogen-bond donors (Lipinski definition) is 2. The van der Waals surface area contributed by atoms with E-state index >= 15 is 0 Å². The number of likely N-dealkylation sites (tertiary alicyclic amines) is 1. The van der Waals surface area contributed by atoms with Crippen molar-refractivity contribution in [2.24, 2.45) is 5.92 Å². The quantitative estimate of drug-likeness (QED) is 0.460. The van der Waals surface area contributed by atoms with Crippen LogP contribution in [0.4, 0.5) is 11.5 Å². The number of ether oxygens (including phenoxy) is 2. The average molecular weight is 488 g/mol. The number of nitrogens with one attached hydrogen (secondary N) is 1. The summed E-state index contributed by atoms with van der Waals surface area (Å²) in [4.78, 5) is 56.1. The number of anilines is 2. The van der Waals surface area contributed by atoms with Crippen molar-refractivity contribution < 1.29 is 19.1 Å². The van der Waals surface area contributed by atoms with Crippen molar-refractivity contribution in [3.8, 4) is 0 Å². The second-order valence-corrected chi connectivity index (χ2v) is 8.41.